The lowest BCUT2D eigenvalue weighted by Gasteiger charge is -2.14. The Balaban J connectivity index is 2.10. The van der Waals surface area contributed by atoms with Crippen LogP contribution in [-0.2, 0) is 30.5 Å². The number of aliphatic hydroxyl groups excluding tert-OH is 1. The van der Waals surface area contributed by atoms with E-state index in [0.717, 1.165) is 84.1 Å². The van der Waals surface area contributed by atoms with Gasteiger partial charge in [-0.05, 0) is 57.1 Å². The van der Waals surface area contributed by atoms with E-state index in [9.17, 15) is 9.90 Å². The number of aryl methyl sites for hydroxylation is 4. The van der Waals surface area contributed by atoms with Crippen LogP contribution in [0.2, 0.25) is 5.02 Å². The van der Waals surface area contributed by atoms with Crippen molar-refractivity contribution in [3.8, 4) is 11.1 Å². The molecule has 0 atom stereocenters. The Kier molecular flexibility index (Phi) is 7.21. The second-order valence-electron chi connectivity index (χ2n) is 8.39. The number of aromatic nitrogens is 3. The number of ether oxygens (including phenoxy) is 1. The molecule has 1 aliphatic rings. The van der Waals surface area contributed by atoms with Gasteiger partial charge in [-0.25, -0.2) is 4.79 Å². The van der Waals surface area contributed by atoms with E-state index in [2.05, 4.69) is 21.7 Å². The first-order valence-electron chi connectivity index (χ1n) is 11.8. The highest BCUT2D eigenvalue weighted by molar-refractivity contribution is 6.35. The maximum absolute atomic E-state index is 13.2. The van der Waals surface area contributed by atoms with Gasteiger partial charge in [-0.3, -0.25) is 5.10 Å². The molecule has 1 aromatic carbocycles. The van der Waals surface area contributed by atoms with Gasteiger partial charge in [0.05, 0.1) is 22.8 Å². The molecule has 4 rings (SSSR count). The lowest BCUT2D eigenvalue weighted by molar-refractivity contribution is 0.0512. The van der Waals surface area contributed by atoms with Crippen molar-refractivity contribution in [2.45, 2.75) is 71.8 Å². The molecule has 2 N–H and O–H groups in total. The van der Waals surface area contributed by atoms with Crippen molar-refractivity contribution in [1.29, 1.82) is 0 Å². The van der Waals surface area contributed by atoms with E-state index in [-0.39, 0.29) is 12.6 Å². The third kappa shape index (κ3) is 4.06. The highest BCUT2D eigenvalue weighted by atomic mass is 35.5. The second kappa shape index (κ2) is 10.1. The maximum atomic E-state index is 13.2. The lowest BCUT2D eigenvalue weighted by Crippen LogP contribution is -2.15. The average molecular weight is 458 g/mol. The van der Waals surface area contributed by atoms with Crippen molar-refractivity contribution >= 4 is 28.5 Å². The van der Waals surface area contributed by atoms with Crippen molar-refractivity contribution in [1.82, 2.24) is 14.8 Å². The SMILES string of the molecule is CCOC(=O)c1c(CCCO)c2ccc(Cl)c3c2n1CCCCCCc1[nH]nc(CC)c1-3. The zero-order valence-corrected chi connectivity index (χ0v) is 19.7. The van der Waals surface area contributed by atoms with Gasteiger partial charge in [-0.1, -0.05) is 37.4 Å². The van der Waals surface area contributed by atoms with Crippen molar-refractivity contribution < 1.29 is 14.6 Å². The van der Waals surface area contributed by atoms with Crippen LogP contribution in [0.5, 0.6) is 0 Å². The average Bonchev–Trinajstić information content (AvgIpc) is 3.32. The first-order chi connectivity index (χ1) is 15.6. The molecule has 0 saturated carbocycles. The van der Waals surface area contributed by atoms with Gasteiger partial charge in [0.25, 0.3) is 0 Å². The van der Waals surface area contributed by atoms with Crippen LogP contribution in [0.1, 0.15) is 73.4 Å². The Morgan fingerprint density at radius 2 is 2.03 bits per heavy atom. The summed E-state index contributed by atoms with van der Waals surface area (Å²) in [6, 6.07) is 3.94. The van der Waals surface area contributed by atoms with Gasteiger partial charge >= 0.3 is 5.97 Å². The largest absolute Gasteiger partial charge is 0.461 e. The Bertz CT molecular complexity index is 1120. The van der Waals surface area contributed by atoms with Gasteiger partial charge in [0, 0.05) is 35.4 Å². The van der Waals surface area contributed by atoms with Crippen LogP contribution in [0, 0.1) is 0 Å². The number of fused-ring (bicyclic) bond motifs is 2. The number of aliphatic hydroxyl groups is 1. The van der Waals surface area contributed by atoms with E-state index in [1.54, 1.807) is 0 Å². The van der Waals surface area contributed by atoms with E-state index in [1.165, 1.54) is 0 Å². The number of carbonyl (C=O) groups excluding carboxylic acids is 1. The molecule has 3 aromatic rings. The molecular weight excluding hydrogens is 426 g/mol. The molecule has 6 nitrogen and oxygen atoms in total. The number of halogens is 1. The molecule has 0 fully saturated rings. The Morgan fingerprint density at radius 3 is 2.78 bits per heavy atom. The number of carbonyl (C=O) groups is 1. The molecule has 0 bridgehead atoms. The summed E-state index contributed by atoms with van der Waals surface area (Å²) >= 11 is 6.88. The third-order valence-corrected chi connectivity index (χ3v) is 6.71. The zero-order valence-electron chi connectivity index (χ0n) is 19.0. The summed E-state index contributed by atoms with van der Waals surface area (Å²) in [5.74, 6) is -0.309. The van der Waals surface area contributed by atoms with E-state index >= 15 is 0 Å². The van der Waals surface area contributed by atoms with Gasteiger partial charge in [-0.2, -0.15) is 5.10 Å². The fourth-order valence-corrected chi connectivity index (χ4v) is 5.22. The number of H-pyrrole nitrogens is 1. The van der Waals surface area contributed by atoms with Crippen molar-refractivity contribution in [3.05, 3.63) is 39.8 Å². The van der Waals surface area contributed by atoms with Crippen molar-refractivity contribution in [3.63, 3.8) is 0 Å². The molecule has 32 heavy (non-hydrogen) atoms. The minimum absolute atomic E-state index is 0.0707. The number of hydrogen-bond acceptors (Lipinski definition) is 4. The van der Waals surface area contributed by atoms with Gasteiger partial charge in [-0.15, -0.1) is 0 Å². The lowest BCUT2D eigenvalue weighted by atomic mass is 9.95. The second-order valence-corrected chi connectivity index (χ2v) is 8.79. The highest BCUT2D eigenvalue weighted by Crippen LogP contribution is 2.43. The van der Waals surface area contributed by atoms with E-state index in [4.69, 9.17) is 16.3 Å². The first-order valence-corrected chi connectivity index (χ1v) is 12.2. The molecule has 0 aliphatic carbocycles. The standard InChI is InChI=1S/C25H32ClN3O3/c1-3-19-22-20(28-27-19)11-7-5-6-8-14-29-23-17(12-13-18(26)21(22)23)16(10-9-15-30)24(29)25(31)32-4-2/h12-13,30H,3-11,14-15H2,1-2H3,(H,27,28). The number of benzene rings is 1. The minimum atomic E-state index is -0.309. The van der Waals surface area contributed by atoms with E-state index < -0.39 is 0 Å². The number of esters is 1. The van der Waals surface area contributed by atoms with Crippen LogP contribution in [0.4, 0.5) is 0 Å². The van der Waals surface area contributed by atoms with Crippen LogP contribution in [0.15, 0.2) is 12.1 Å². The van der Waals surface area contributed by atoms with E-state index in [1.807, 2.05) is 19.1 Å². The van der Waals surface area contributed by atoms with Gasteiger partial charge in [0.2, 0.25) is 0 Å². The van der Waals surface area contributed by atoms with Gasteiger partial charge in [0.1, 0.15) is 5.69 Å². The Labute approximate surface area is 193 Å². The van der Waals surface area contributed by atoms with Crippen LogP contribution < -0.4 is 0 Å². The van der Waals surface area contributed by atoms with Gasteiger partial charge < -0.3 is 14.4 Å². The smallest absolute Gasteiger partial charge is 0.355 e. The Morgan fingerprint density at radius 1 is 1.22 bits per heavy atom. The normalized spacial score (nSPS) is 14.2. The van der Waals surface area contributed by atoms with Gasteiger partial charge in [0.15, 0.2) is 0 Å². The van der Waals surface area contributed by atoms with Crippen LogP contribution in [-0.4, -0.2) is 39.1 Å². The summed E-state index contributed by atoms with van der Waals surface area (Å²) in [5, 5.41) is 19.1. The quantitative estimate of drug-likeness (QED) is 0.481. The predicted octanol–water partition coefficient (Wildman–Crippen LogP) is 5.47. The molecule has 0 radical (unpaired) electrons. The number of aromatic amines is 1. The molecule has 3 heterocycles. The molecular formula is C25H32ClN3O3. The minimum Gasteiger partial charge on any atom is -0.461 e. The van der Waals surface area contributed by atoms with E-state index in [0.29, 0.717) is 30.2 Å². The Hall–Kier alpha value is -2.31. The first kappa shape index (κ1) is 22.9. The molecule has 0 amide bonds. The number of rotatable bonds is 6. The zero-order chi connectivity index (χ0) is 22.7. The number of nitrogens with one attached hydrogen (secondary N) is 1. The fourth-order valence-electron chi connectivity index (χ4n) is 4.97. The molecule has 2 aromatic heterocycles. The third-order valence-electron chi connectivity index (χ3n) is 6.39. The van der Waals surface area contributed by atoms with Crippen LogP contribution in [0.3, 0.4) is 0 Å². The summed E-state index contributed by atoms with van der Waals surface area (Å²) in [6.07, 6.45) is 7.20. The monoisotopic (exact) mass is 457 g/mol. The molecule has 1 aliphatic heterocycles. The number of hydrogen-bond donors (Lipinski definition) is 2. The van der Waals surface area contributed by atoms with Crippen LogP contribution >= 0.6 is 11.6 Å². The maximum Gasteiger partial charge on any atom is 0.355 e. The summed E-state index contributed by atoms with van der Waals surface area (Å²) in [6.45, 7) is 5.05. The molecule has 7 heteroatoms. The predicted molar refractivity (Wildman–Crippen MR) is 127 cm³/mol. The summed E-state index contributed by atoms with van der Waals surface area (Å²) in [5.41, 5.74) is 6.65. The summed E-state index contributed by atoms with van der Waals surface area (Å²) in [7, 11) is 0. The van der Waals surface area contributed by atoms with Crippen LogP contribution in [0.25, 0.3) is 22.0 Å². The molecule has 0 spiro atoms. The van der Waals surface area contributed by atoms with Crippen molar-refractivity contribution in [2.75, 3.05) is 13.2 Å². The summed E-state index contributed by atoms with van der Waals surface area (Å²) < 4.78 is 7.62. The molecule has 0 saturated heterocycles. The summed E-state index contributed by atoms with van der Waals surface area (Å²) in [4.78, 5) is 13.2. The fraction of sp³-hybridized carbons (Fsp3) is 0.520. The topological polar surface area (TPSA) is 80.1 Å². The van der Waals surface area contributed by atoms with Crippen molar-refractivity contribution in [2.24, 2.45) is 0 Å². The molecule has 172 valence electrons. The molecule has 0 unspecified atom stereocenters. The number of nitrogens with zero attached hydrogens (tertiary/aromatic N) is 2. The highest BCUT2D eigenvalue weighted by Gasteiger charge is 2.29.